The third-order valence-electron chi connectivity index (χ3n) is 3.14. The van der Waals surface area contributed by atoms with E-state index in [2.05, 4.69) is 4.98 Å². The van der Waals surface area contributed by atoms with Crippen molar-refractivity contribution in [3.05, 3.63) is 37.1 Å². The van der Waals surface area contributed by atoms with Crippen LogP contribution in [-0.4, -0.2) is 14.1 Å². The van der Waals surface area contributed by atoms with Gasteiger partial charge < -0.3 is 4.98 Å². The summed E-state index contributed by atoms with van der Waals surface area (Å²) >= 11 is 5.37. The van der Waals surface area contributed by atoms with Crippen LogP contribution in [0.2, 0.25) is 0 Å². The molecule has 2 heterocycles. The van der Waals surface area contributed by atoms with Crippen molar-refractivity contribution in [1.82, 2.24) is 14.1 Å². The van der Waals surface area contributed by atoms with Gasteiger partial charge in [0, 0.05) is 20.3 Å². The highest BCUT2D eigenvalue weighted by Crippen LogP contribution is 2.18. The van der Waals surface area contributed by atoms with Gasteiger partial charge in [-0.2, -0.15) is 0 Å². The van der Waals surface area contributed by atoms with Gasteiger partial charge in [0.05, 0.1) is 9.90 Å². The van der Waals surface area contributed by atoms with Gasteiger partial charge in [0.1, 0.15) is 5.65 Å². The van der Waals surface area contributed by atoms with Gasteiger partial charge in [0.15, 0.2) is 0 Å². The summed E-state index contributed by atoms with van der Waals surface area (Å²) in [6, 6.07) is 0. The maximum Gasteiger partial charge on any atom is 0.332 e. The van der Waals surface area contributed by atoms with E-state index in [1.807, 2.05) is 13.8 Å². The molecule has 96 valence electrons. The van der Waals surface area contributed by atoms with Crippen molar-refractivity contribution in [2.45, 2.75) is 19.8 Å². The molecule has 0 bridgehead atoms. The van der Waals surface area contributed by atoms with Gasteiger partial charge in [0.2, 0.25) is 0 Å². The Kier molecular flexibility index (Phi) is 2.98. The molecule has 18 heavy (non-hydrogen) atoms. The first-order chi connectivity index (χ1) is 8.36. The van der Waals surface area contributed by atoms with Crippen LogP contribution in [-0.2, 0) is 14.1 Å². The molecule has 0 atom stereocenters. The summed E-state index contributed by atoms with van der Waals surface area (Å²) in [6.45, 7) is 4.02. The van der Waals surface area contributed by atoms with Gasteiger partial charge in [-0.25, -0.2) is 4.79 Å². The lowest BCUT2D eigenvalue weighted by Crippen LogP contribution is -2.37. The van der Waals surface area contributed by atoms with Crippen LogP contribution in [0.4, 0.5) is 0 Å². The Morgan fingerprint density at radius 2 is 1.83 bits per heavy atom. The number of pyridine rings is 1. The second-order valence-electron chi connectivity index (χ2n) is 4.66. The van der Waals surface area contributed by atoms with Gasteiger partial charge in [-0.05, 0) is 11.5 Å². The molecule has 0 aliphatic heterocycles. The van der Waals surface area contributed by atoms with E-state index in [1.165, 1.54) is 11.6 Å². The zero-order valence-corrected chi connectivity index (χ0v) is 11.6. The first-order valence-corrected chi connectivity index (χ1v) is 6.08. The predicted molar refractivity (Wildman–Crippen MR) is 73.7 cm³/mol. The summed E-state index contributed by atoms with van der Waals surface area (Å²) in [5.41, 5.74) is 0.665. The fraction of sp³-hybridized carbons (Fsp3) is 0.417. The quantitative estimate of drug-likeness (QED) is 0.793. The first-order valence-electron chi connectivity index (χ1n) is 5.67. The van der Waals surface area contributed by atoms with Crippen LogP contribution < -0.4 is 11.2 Å². The molecule has 0 saturated carbocycles. The summed E-state index contributed by atoms with van der Waals surface area (Å²) in [7, 11) is 3.07. The number of H-pyrrole nitrogens is 1. The van der Waals surface area contributed by atoms with Gasteiger partial charge >= 0.3 is 5.69 Å². The number of aromatic nitrogens is 3. The van der Waals surface area contributed by atoms with E-state index in [0.29, 0.717) is 15.5 Å². The van der Waals surface area contributed by atoms with E-state index in [9.17, 15) is 9.59 Å². The van der Waals surface area contributed by atoms with Crippen molar-refractivity contribution >= 4 is 23.3 Å². The normalized spacial score (nSPS) is 11.4. The number of rotatable bonds is 1. The number of hydrogen-bond donors (Lipinski definition) is 1. The number of fused-ring (bicyclic) bond motifs is 1. The van der Waals surface area contributed by atoms with Crippen molar-refractivity contribution < 1.29 is 0 Å². The fourth-order valence-corrected chi connectivity index (χ4v) is 2.48. The SMILES string of the molecule is CC(C)c1c[nH]c2c(c1=S)c(=O)n(C)c(=O)n2C. The van der Waals surface area contributed by atoms with E-state index in [0.717, 1.165) is 10.1 Å². The lowest BCUT2D eigenvalue weighted by Gasteiger charge is -2.11. The monoisotopic (exact) mass is 265 g/mol. The molecule has 0 spiro atoms. The Balaban J connectivity index is 3.14. The maximum atomic E-state index is 12.2. The summed E-state index contributed by atoms with van der Waals surface area (Å²) in [5.74, 6) is 0.222. The van der Waals surface area contributed by atoms with Crippen LogP contribution in [0.3, 0.4) is 0 Å². The van der Waals surface area contributed by atoms with Gasteiger partial charge in [0.25, 0.3) is 5.56 Å². The molecule has 0 fully saturated rings. The van der Waals surface area contributed by atoms with Crippen LogP contribution in [0.1, 0.15) is 25.3 Å². The van der Waals surface area contributed by atoms with Crippen LogP contribution in [0, 0.1) is 4.51 Å². The van der Waals surface area contributed by atoms with Crippen molar-refractivity contribution in [3.63, 3.8) is 0 Å². The smallest absolute Gasteiger partial charge is 0.332 e. The third-order valence-corrected chi connectivity index (χ3v) is 3.58. The number of nitrogens with one attached hydrogen (secondary N) is 1. The van der Waals surface area contributed by atoms with Gasteiger partial charge in [-0.1, -0.05) is 26.1 Å². The number of aromatic amines is 1. The van der Waals surface area contributed by atoms with Crippen LogP contribution in [0.15, 0.2) is 15.8 Å². The third kappa shape index (κ3) is 1.64. The second-order valence-corrected chi connectivity index (χ2v) is 5.07. The van der Waals surface area contributed by atoms with Gasteiger partial charge in [-0.15, -0.1) is 0 Å². The molecule has 0 aliphatic rings. The summed E-state index contributed by atoms with van der Waals surface area (Å²) < 4.78 is 3.00. The Hall–Kier alpha value is -1.69. The Labute approximate surface area is 109 Å². The molecule has 2 rings (SSSR count). The van der Waals surface area contributed by atoms with Crippen molar-refractivity contribution in [2.24, 2.45) is 14.1 Å². The minimum atomic E-state index is -0.365. The largest absolute Gasteiger partial charge is 0.347 e. The average Bonchev–Trinajstić information content (AvgIpc) is 2.32. The predicted octanol–water partition coefficient (Wildman–Crippen LogP) is 1.42. The molecule has 1 N–H and O–H groups in total. The summed E-state index contributed by atoms with van der Waals surface area (Å²) in [4.78, 5) is 27.0. The van der Waals surface area contributed by atoms with E-state index in [4.69, 9.17) is 12.2 Å². The molecule has 0 saturated heterocycles. The van der Waals surface area contributed by atoms with E-state index in [1.54, 1.807) is 13.2 Å². The highest BCUT2D eigenvalue weighted by atomic mass is 32.1. The molecular weight excluding hydrogens is 250 g/mol. The van der Waals surface area contributed by atoms with E-state index < -0.39 is 0 Å². The Morgan fingerprint density at radius 1 is 1.22 bits per heavy atom. The standard InChI is InChI=1S/C12H15N3O2S/c1-6(2)7-5-13-10-8(9(7)18)11(16)15(4)12(17)14(10)3/h5-6H,1-4H3,(H,13,18). The number of hydrogen-bond acceptors (Lipinski definition) is 3. The van der Waals surface area contributed by atoms with Crippen LogP contribution in [0.25, 0.3) is 11.0 Å². The van der Waals surface area contributed by atoms with E-state index in [-0.39, 0.29) is 17.2 Å². The van der Waals surface area contributed by atoms with Crippen LogP contribution in [0.5, 0.6) is 0 Å². The highest BCUT2D eigenvalue weighted by molar-refractivity contribution is 7.71. The highest BCUT2D eigenvalue weighted by Gasteiger charge is 2.13. The molecular formula is C12H15N3O2S. The average molecular weight is 265 g/mol. The molecule has 5 nitrogen and oxygen atoms in total. The topological polar surface area (TPSA) is 59.8 Å². The molecule has 6 heteroatoms. The second kappa shape index (κ2) is 4.20. The molecule has 0 radical (unpaired) electrons. The minimum absolute atomic E-state index is 0.222. The number of nitrogens with zero attached hydrogens (tertiary/aromatic N) is 2. The molecule has 0 unspecified atom stereocenters. The molecule has 2 aromatic rings. The lowest BCUT2D eigenvalue weighted by atomic mass is 10.0. The van der Waals surface area contributed by atoms with Crippen molar-refractivity contribution in [3.8, 4) is 0 Å². The summed E-state index contributed by atoms with van der Waals surface area (Å²) in [5, 5.41) is 0.404. The fourth-order valence-electron chi connectivity index (χ4n) is 2.00. The minimum Gasteiger partial charge on any atom is -0.347 e. The molecule has 0 amide bonds. The van der Waals surface area contributed by atoms with Gasteiger partial charge in [-0.3, -0.25) is 13.9 Å². The Morgan fingerprint density at radius 3 is 2.39 bits per heavy atom. The van der Waals surface area contributed by atoms with Crippen LogP contribution >= 0.6 is 12.2 Å². The zero-order valence-electron chi connectivity index (χ0n) is 10.8. The Bertz CT molecular complexity index is 796. The molecule has 0 aromatic carbocycles. The molecule has 2 aromatic heterocycles. The number of aryl methyl sites for hydroxylation is 1. The van der Waals surface area contributed by atoms with Crippen molar-refractivity contribution in [2.75, 3.05) is 0 Å². The maximum absolute atomic E-state index is 12.2. The lowest BCUT2D eigenvalue weighted by molar-refractivity contribution is 0.706. The molecule has 0 aliphatic carbocycles. The zero-order chi connectivity index (χ0) is 13.6. The van der Waals surface area contributed by atoms with Crippen molar-refractivity contribution in [1.29, 1.82) is 0 Å². The summed E-state index contributed by atoms with van der Waals surface area (Å²) in [6.07, 6.45) is 1.77. The van der Waals surface area contributed by atoms with E-state index >= 15 is 0 Å². The first kappa shape index (κ1) is 12.8.